The maximum Gasteiger partial charge on any atom is 0.251 e. The third-order valence-electron chi connectivity index (χ3n) is 6.83. The first-order valence-corrected chi connectivity index (χ1v) is 11.1. The Labute approximate surface area is 172 Å². The summed E-state index contributed by atoms with van der Waals surface area (Å²) < 4.78 is 0. The van der Waals surface area contributed by atoms with Crippen molar-refractivity contribution in [2.75, 3.05) is 18.0 Å². The van der Waals surface area contributed by atoms with E-state index in [4.69, 9.17) is 0 Å². The molecule has 3 unspecified atom stereocenters. The topological polar surface area (TPSA) is 78.5 Å². The largest absolute Gasteiger partial charge is 0.352 e. The van der Waals surface area contributed by atoms with Crippen molar-refractivity contribution in [3.05, 3.63) is 29.8 Å². The van der Waals surface area contributed by atoms with Gasteiger partial charge in [-0.3, -0.25) is 14.4 Å². The zero-order valence-electron chi connectivity index (χ0n) is 17.0. The van der Waals surface area contributed by atoms with Crippen LogP contribution in [0, 0.1) is 11.8 Å². The summed E-state index contributed by atoms with van der Waals surface area (Å²) in [6.07, 6.45) is 10.1. The molecule has 3 fully saturated rings. The van der Waals surface area contributed by atoms with E-state index in [1.165, 1.54) is 32.1 Å². The number of nitrogens with one attached hydrogen (secondary N) is 2. The number of nitrogens with zero attached hydrogens (tertiary/aromatic N) is 1. The molecule has 4 rings (SSSR count). The average Bonchev–Trinajstić information content (AvgIpc) is 3.18. The predicted molar refractivity (Wildman–Crippen MR) is 112 cm³/mol. The van der Waals surface area contributed by atoms with Gasteiger partial charge in [-0.2, -0.15) is 0 Å². The summed E-state index contributed by atoms with van der Waals surface area (Å²) in [5.41, 5.74) is 1.32. The minimum atomic E-state index is -0.268. The standard InChI is InChI=1S/C23H31N3O3/c27-21(25-19-10-7-16-4-1-2-5-18(16)14-19)15-24-23(29)17-8-11-20(12-9-17)26-13-3-6-22(26)28/h8-9,11-12,16,18-19H,1-7,10,13-15H2,(H,24,29)(H,25,27). The van der Waals surface area contributed by atoms with E-state index >= 15 is 0 Å². The number of anilines is 1. The van der Waals surface area contributed by atoms with Crippen molar-refractivity contribution < 1.29 is 14.4 Å². The Morgan fingerprint density at radius 1 is 0.966 bits per heavy atom. The SMILES string of the molecule is O=C(CNC(=O)c1ccc(N2CCCC2=O)cc1)NC1CCC2CCCCC2C1. The summed E-state index contributed by atoms with van der Waals surface area (Å²) in [5, 5.41) is 5.82. The molecule has 3 aliphatic rings. The highest BCUT2D eigenvalue weighted by atomic mass is 16.2. The molecule has 1 heterocycles. The van der Waals surface area contributed by atoms with Gasteiger partial charge < -0.3 is 15.5 Å². The normalized spacial score (nSPS) is 26.7. The fraction of sp³-hybridized carbons (Fsp3) is 0.609. The molecule has 0 radical (unpaired) electrons. The molecule has 0 spiro atoms. The van der Waals surface area contributed by atoms with Crippen molar-refractivity contribution in [1.82, 2.24) is 10.6 Å². The number of amides is 3. The number of hydrogen-bond acceptors (Lipinski definition) is 3. The van der Waals surface area contributed by atoms with E-state index in [2.05, 4.69) is 10.6 Å². The molecule has 0 bridgehead atoms. The Morgan fingerprint density at radius 2 is 1.72 bits per heavy atom. The first kappa shape index (κ1) is 19.9. The second kappa shape index (κ2) is 8.97. The van der Waals surface area contributed by atoms with Gasteiger partial charge in [-0.05, 0) is 61.8 Å². The van der Waals surface area contributed by atoms with Crippen LogP contribution in [0.4, 0.5) is 5.69 Å². The van der Waals surface area contributed by atoms with Crippen LogP contribution in [0.1, 0.15) is 68.1 Å². The molecular formula is C23H31N3O3. The minimum Gasteiger partial charge on any atom is -0.352 e. The van der Waals surface area contributed by atoms with Crippen LogP contribution in [0.15, 0.2) is 24.3 Å². The first-order chi connectivity index (χ1) is 14.1. The lowest BCUT2D eigenvalue weighted by molar-refractivity contribution is -0.121. The summed E-state index contributed by atoms with van der Waals surface area (Å²) in [5.74, 6) is 1.36. The van der Waals surface area contributed by atoms with Crippen molar-refractivity contribution in [2.24, 2.45) is 11.8 Å². The van der Waals surface area contributed by atoms with Gasteiger partial charge in [0.05, 0.1) is 6.54 Å². The molecule has 2 aliphatic carbocycles. The Morgan fingerprint density at radius 3 is 2.45 bits per heavy atom. The molecule has 2 N–H and O–H groups in total. The fourth-order valence-corrected chi connectivity index (χ4v) is 5.26. The summed E-state index contributed by atoms with van der Waals surface area (Å²) in [6, 6.07) is 7.25. The molecule has 2 saturated carbocycles. The highest BCUT2D eigenvalue weighted by Crippen LogP contribution is 2.40. The number of fused-ring (bicyclic) bond motifs is 1. The Balaban J connectivity index is 1.23. The number of carbonyl (C=O) groups excluding carboxylic acids is 3. The summed E-state index contributed by atoms with van der Waals surface area (Å²) in [4.78, 5) is 38.2. The van der Waals surface area contributed by atoms with Gasteiger partial charge in [0.1, 0.15) is 0 Å². The maximum atomic E-state index is 12.4. The summed E-state index contributed by atoms with van der Waals surface area (Å²) >= 11 is 0. The highest BCUT2D eigenvalue weighted by molar-refractivity contribution is 5.98. The van der Waals surface area contributed by atoms with E-state index in [9.17, 15) is 14.4 Å². The summed E-state index contributed by atoms with van der Waals surface area (Å²) in [6.45, 7) is 0.725. The van der Waals surface area contributed by atoms with E-state index in [0.29, 0.717) is 12.0 Å². The number of carbonyl (C=O) groups is 3. The van der Waals surface area contributed by atoms with Gasteiger partial charge in [0.15, 0.2) is 0 Å². The minimum absolute atomic E-state index is 0.00418. The molecule has 0 aromatic heterocycles. The van der Waals surface area contributed by atoms with Crippen molar-refractivity contribution >= 4 is 23.4 Å². The second-order valence-corrected chi connectivity index (χ2v) is 8.76. The van der Waals surface area contributed by atoms with Crippen LogP contribution >= 0.6 is 0 Å². The second-order valence-electron chi connectivity index (χ2n) is 8.76. The molecule has 156 valence electrons. The van der Waals surface area contributed by atoms with Crippen LogP contribution in [0.2, 0.25) is 0 Å². The van der Waals surface area contributed by atoms with Gasteiger partial charge in [-0.15, -0.1) is 0 Å². The molecule has 1 aromatic carbocycles. The molecular weight excluding hydrogens is 366 g/mol. The molecule has 1 aliphatic heterocycles. The van der Waals surface area contributed by atoms with Gasteiger partial charge >= 0.3 is 0 Å². The lowest BCUT2D eigenvalue weighted by Gasteiger charge is -2.39. The van der Waals surface area contributed by atoms with E-state index in [1.54, 1.807) is 29.2 Å². The van der Waals surface area contributed by atoms with E-state index in [1.807, 2.05) is 0 Å². The van der Waals surface area contributed by atoms with Gasteiger partial charge in [-0.25, -0.2) is 0 Å². The van der Waals surface area contributed by atoms with Crippen molar-refractivity contribution in [3.8, 4) is 0 Å². The first-order valence-electron chi connectivity index (χ1n) is 11.1. The molecule has 1 aromatic rings. The Hall–Kier alpha value is -2.37. The van der Waals surface area contributed by atoms with Gasteiger partial charge in [-0.1, -0.05) is 25.7 Å². The van der Waals surface area contributed by atoms with Gasteiger partial charge in [0.25, 0.3) is 5.91 Å². The lowest BCUT2D eigenvalue weighted by Crippen LogP contribution is -2.45. The van der Waals surface area contributed by atoms with Crippen LogP contribution in [0.25, 0.3) is 0 Å². The van der Waals surface area contributed by atoms with Crippen LogP contribution in [0.5, 0.6) is 0 Å². The number of rotatable bonds is 5. The third-order valence-corrected chi connectivity index (χ3v) is 6.83. The lowest BCUT2D eigenvalue weighted by atomic mass is 9.69. The Bertz CT molecular complexity index is 761. The fourth-order valence-electron chi connectivity index (χ4n) is 5.26. The van der Waals surface area contributed by atoms with Crippen LogP contribution < -0.4 is 15.5 Å². The molecule has 29 heavy (non-hydrogen) atoms. The van der Waals surface area contributed by atoms with Gasteiger partial charge in [0, 0.05) is 30.3 Å². The smallest absolute Gasteiger partial charge is 0.251 e. The number of hydrogen-bond donors (Lipinski definition) is 2. The number of benzene rings is 1. The van der Waals surface area contributed by atoms with Crippen LogP contribution in [0.3, 0.4) is 0 Å². The van der Waals surface area contributed by atoms with Crippen molar-refractivity contribution in [1.29, 1.82) is 0 Å². The molecule has 1 saturated heterocycles. The molecule has 3 amide bonds. The Kier molecular flexibility index (Phi) is 6.16. The van der Waals surface area contributed by atoms with Crippen LogP contribution in [-0.2, 0) is 9.59 Å². The van der Waals surface area contributed by atoms with E-state index in [0.717, 1.165) is 43.3 Å². The van der Waals surface area contributed by atoms with Gasteiger partial charge in [0.2, 0.25) is 11.8 Å². The van der Waals surface area contributed by atoms with E-state index in [-0.39, 0.29) is 30.3 Å². The predicted octanol–water partition coefficient (Wildman–Crippen LogP) is 3.02. The van der Waals surface area contributed by atoms with Crippen molar-refractivity contribution in [3.63, 3.8) is 0 Å². The van der Waals surface area contributed by atoms with Crippen molar-refractivity contribution in [2.45, 2.75) is 63.8 Å². The quantitative estimate of drug-likeness (QED) is 0.802. The zero-order chi connectivity index (χ0) is 20.2. The average molecular weight is 398 g/mol. The zero-order valence-corrected chi connectivity index (χ0v) is 17.0. The monoisotopic (exact) mass is 397 g/mol. The highest BCUT2D eigenvalue weighted by Gasteiger charge is 2.32. The maximum absolute atomic E-state index is 12.4. The summed E-state index contributed by atoms with van der Waals surface area (Å²) in [7, 11) is 0. The molecule has 6 heteroatoms. The molecule has 3 atom stereocenters. The third kappa shape index (κ3) is 4.80. The van der Waals surface area contributed by atoms with Crippen LogP contribution in [-0.4, -0.2) is 36.9 Å². The molecule has 6 nitrogen and oxygen atoms in total. The van der Waals surface area contributed by atoms with E-state index < -0.39 is 0 Å².